The van der Waals surface area contributed by atoms with Crippen LogP contribution in [0.2, 0.25) is 0 Å². The lowest BCUT2D eigenvalue weighted by molar-refractivity contribution is 0.619. The van der Waals surface area contributed by atoms with Crippen LogP contribution in [0.15, 0.2) is 458 Å². The number of hydrogen-bond donors (Lipinski definition) is 0. The van der Waals surface area contributed by atoms with Crippen LogP contribution in [0.3, 0.4) is 0 Å². The number of oxazole rings is 2. The van der Waals surface area contributed by atoms with E-state index in [0.717, 1.165) is 193 Å². The highest BCUT2D eigenvalue weighted by molar-refractivity contribution is 7.22. The molecule has 0 spiro atoms. The zero-order valence-electron chi connectivity index (χ0n) is 69.9. The fraction of sp³-hybridized carbons (Fsp3) is 0. The second-order valence-electron chi connectivity index (χ2n) is 32.9. The average Bonchev–Trinajstić information content (AvgIpc) is 1.58. The molecule has 0 unspecified atom stereocenters. The molecular weight excluding hydrogens is 1630 g/mol. The summed E-state index contributed by atoms with van der Waals surface area (Å²) < 4.78 is 19.9. The topological polar surface area (TPSA) is 94.2 Å². The van der Waals surface area contributed by atoms with Gasteiger partial charge in [-0.3, -0.25) is 0 Å². The zero-order valence-corrected chi connectivity index (χ0v) is 71.6. The van der Waals surface area contributed by atoms with Crippen molar-refractivity contribution in [1.29, 1.82) is 0 Å². The Morgan fingerprint density at radius 3 is 1.13 bits per heavy atom. The van der Waals surface area contributed by atoms with Crippen molar-refractivity contribution in [3.63, 3.8) is 0 Å². The van der Waals surface area contributed by atoms with E-state index in [2.05, 4.69) is 438 Å². The number of fused-ring (bicyclic) bond motifs is 10. The van der Waals surface area contributed by atoms with E-state index in [1.54, 1.807) is 22.7 Å². The number of hydrogen-bond acceptors (Lipinski definition) is 10. The number of thiazole rings is 2. The SMILES string of the molecule is c1ccc(-c2ccc(N(c3ccc(-c4ccc(-n5c6ccc(-c7ccccc7)cc6c6cc(-c7nc8ccccc8s7)ccc65)cc4)cc3)c3ccc(-c4nc5cccc(-c6ccc7nc(-c8ccc9c(c8)c8ccccc8n9-c8ccc(-c9ccc(-c%10ccc(N(c%11ccccc%11)c%11ccc(-c%12nc%13ccccc%13o%12)cc%11)cc%10)cc9)cc8)oc7c6)c5s4)cc3)cc2)cc1. The van der Waals surface area contributed by atoms with Gasteiger partial charge in [-0.05, 0) is 280 Å². The van der Waals surface area contributed by atoms with E-state index in [9.17, 15) is 0 Å². The van der Waals surface area contributed by atoms with Crippen LogP contribution < -0.4 is 9.80 Å². The summed E-state index contributed by atoms with van der Waals surface area (Å²) in [6.07, 6.45) is 0. The molecule has 0 bridgehead atoms. The van der Waals surface area contributed by atoms with Gasteiger partial charge in [0.2, 0.25) is 11.8 Å². The Balaban J connectivity index is 0.464. The molecular formula is C118H74N8O2S2. The molecule has 19 aromatic carbocycles. The van der Waals surface area contributed by atoms with E-state index in [-0.39, 0.29) is 0 Å². The molecule has 0 atom stereocenters. The third-order valence-electron chi connectivity index (χ3n) is 25.1. The van der Waals surface area contributed by atoms with Crippen LogP contribution in [0, 0.1) is 0 Å². The van der Waals surface area contributed by atoms with Gasteiger partial charge < -0.3 is 27.8 Å². The first-order valence-corrected chi connectivity index (χ1v) is 45.2. The Morgan fingerprint density at radius 1 is 0.208 bits per heavy atom. The molecule has 0 aliphatic heterocycles. The molecule has 25 aromatic rings. The van der Waals surface area contributed by atoms with E-state index in [4.69, 9.17) is 28.8 Å². The predicted molar refractivity (Wildman–Crippen MR) is 540 cm³/mol. The van der Waals surface area contributed by atoms with Crippen molar-refractivity contribution in [2.75, 3.05) is 9.80 Å². The highest BCUT2D eigenvalue weighted by atomic mass is 32.1. The molecule has 0 radical (unpaired) electrons. The maximum Gasteiger partial charge on any atom is 0.227 e. The molecule has 0 saturated carbocycles. The molecule has 0 amide bonds. The van der Waals surface area contributed by atoms with E-state index in [0.29, 0.717) is 17.4 Å². The number of nitrogens with zero attached hydrogens (tertiary/aromatic N) is 8. The largest absolute Gasteiger partial charge is 0.436 e. The van der Waals surface area contributed by atoms with Crippen LogP contribution in [0.1, 0.15) is 0 Å². The van der Waals surface area contributed by atoms with Gasteiger partial charge in [0.15, 0.2) is 11.2 Å². The summed E-state index contributed by atoms with van der Waals surface area (Å²) in [5.74, 6) is 1.17. The normalized spacial score (nSPS) is 11.7. The average molecular weight is 1700 g/mol. The zero-order chi connectivity index (χ0) is 85.7. The van der Waals surface area contributed by atoms with Gasteiger partial charge in [0.25, 0.3) is 0 Å². The first-order chi connectivity index (χ1) is 64.3. The van der Waals surface area contributed by atoms with Crippen LogP contribution in [0.5, 0.6) is 0 Å². The smallest absolute Gasteiger partial charge is 0.227 e. The second-order valence-corrected chi connectivity index (χ2v) is 34.9. The molecule has 130 heavy (non-hydrogen) atoms. The molecule has 0 fully saturated rings. The molecule has 0 N–H and O–H groups in total. The lowest BCUT2D eigenvalue weighted by Crippen LogP contribution is -2.09. The summed E-state index contributed by atoms with van der Waals surface area (Å²) in [5, 5.41) is 6.62. The molecule has 10 nitrogen and oxygen atoms in total. The highest BCUT2D eigenvalue weighted by Gasteiger charge is 2.24. The Labute approximate surface area is 756 Å². The van der Waals surface area contributed by atoms with E-state index < -0.39 is 0 Å². The van der Waals surface area contributed by atoms with Gasteiger partial charge in [-0.25, -0.2) is 19.9 Å². The fourth-order valence-corrected chi connectivity index (χ4v) is 20.7. The molecule has 6 aromatic heterocycles. The third kappa shape index (κ3) is 13.7. The second kappa shape index (κ2) is 31.6. The minimum atomic E-state index is 0.569. The van der Waals surface area contributed by atoms with Crippen LogP contribution in [0.25, 0.3) is 208 Å². The van der Waals surface area contributed by atoms with Crippen molar-refractivity contribution in [2.45, 2.75) is 0 Å². The quantitative estimate of drug-likeness (QED) is 0.0839. The Kier molecular flexibility index (Phi) is 18.4. The van der Waals surface area contributed by atoms with Crippen LogP contribution in [0.4, 0.5) is 34.1 Å². The minimum Gasteiger partial charge on any atom is -0.436 e. The van der Waals surface area contributed by atoms with Gasteiger partial charge in [-0.2, -0.15) is 0 Å². The van der Waals surface area contributed by atoms with Gasteiger partial charge in [0.1, 0.15) is 21.0 Å². The molecule has 12 heteroatoms. The molecule has 0 aliphatic rings. The molecule has 6 heterocycles. The van der Waals surface area contributed by atoms with Crippen LogP contribution >= 0.6 is 22.7 Å². The number of benzene rings is 19. The standard InChI is InChI=1S/C118H74N8O2S2/c1-4-17-75(18-5-1)79-35-53-92(54-36-79)124(93-57-39-82(40-58-93)83-43-61-97(62-44-83)126-109-68-50-86(76-19-6-2-7-20-76)71-101(109)102-73-89(52-70-110(102)126)118-121-105-26-12-15-30-113(105)129-118)95-65-47-85(48-66-95)117-122-106-27-16-24-98(114(106)130-117)87-49-67-104-112(74-87)128-116(120-104)88-51-69-108-100(72-88)99-23-10-13-28-107(99)125(108)96-59-41-81(42-60-96)78-33-31-77(32-34-78)80-37-55-91(56-38-80)123(90-21-8-3-9-22-90)94-63-45-84(46-64-94)115-119-103-25-11-14-29-111(103)127-115/h1-74H. The van der Waals surface area contributed by atoms with Gasteiger partial charge in [-0.1, -0.05) is 231 Å². The summed E-state index contributed by atoms with van der Waals surface area (Å²) >= 11 is 3.45. The van der Waals surface area contributed by atoms with Crippen molar-refractivity contribution < 1.29 is 8.83 Å². The molecule has 0 saturated heterocycles. The van der Waals surface area contributed by atoms with E-state index in [1.807, 2.05) is 30.3 Å². The summed E-state index contributed by atoms with van der Waals surface area (Å²) in [6.45, 7) is 0. The Bertz CT molecular complexity index is 8540. The summed E-state index contributed by atoms with van der Waals surface area (Å²) in [7, 11) is 0. The Morgan fingerprint density at radius 2 is 0.569 bits per heavy atom. The fourth-order valence-electron chi connectivity index (χ4n) is 18.6. The molecule has 0 aliphatic carbocycles. The van der Waals surface area contributed by atoms with Crippen molar-refractivity contribution in [3.8, 4) is 122 Å². The Hall–Kier alpha value is -16.9. The maximum absolute atomic E-state index is 6.78. The van der Waals surface area contributed by atoms with Gasteiger partial charge in [-0.15, -0.1) is 22.7 Å². The van der Waals surface area contributed by atoms with Gasteiger partial charge in [0, 0.05) is 94.9 Å². The summed E-state index contributed by atoms with van der Waals surface area (Å²) in [4.78, 5) is 24.8. The molecule has 610 valence electrons. The van der Waals surface area contributed by atoms with E-state index in [1.165, 1.54) is 32.2 Å². The molecule has 25 rings (SSSR count). The number of anilines is 6. The first-order valence-electron chi connectivity index (χ1n) is 43.6. The van der Waals surface area contributed by atoms with E-state index >= 15 is 0 Å². The van der Waals surface area contributed by atoms with Gasteiger partial charge in [0.05, 0.1) is 42.5 Å². The first kappa shape index (κ1) is 75.6. The maximum atomic E-state index is 6.78. The van der Waals surface area contributed by atoms with Crippen LogP contribution in [-0.4, -0.2) is 29.1 Å². The van der Waals surface area contributed by atoms with Crippen molar-refractivity contribution in [3.05, 3.63) is 449 Å². The lowest BCUT2D eigenvalue weighted by atomic mass is 10.00. The number of aromatic nitrogens is 6. The number of para-hydroxylation sites is 5. The van der Waals surface area contributed by atoms with Crippen LogP contribution in [-0.2, 0) is 0 Å². The minimum absolute atomic E-state index is 0.569. The monoisotopic (exact) mass is 1700 g/mol. The lowest BCUT2D eigenvalue weighted by Gasteiger charge is -2.26. The summed E-state index contributed by atoms with van der Waals surface area (Å²) in [6, 6.07) is 160. The third-order valence-corrected chi connectivity index (χ3v) is 27.4. The van der Waals surface area contributed by atoms with Crippen molar-refractivity contribution >= 4 is 143 Å². The van der Waals surface area contributed by atoms with Crippen molar-refractivity contribution in [1.82, 2.24) is 29.1 Å². The predicted octanol–water partition coefficient (Wildman–Crippen LogP) is 33.0. The number of rotatable bonds is 18. The van der Waals surface area contributed by atoms with Gasteiger partial charge >= 0.3 is 0 Å². The van der Waals surface area contributed by atoms with Crippen molar-refractivity contribution in [2.24, 2.45) is 0 Å². The highest BCUT2D eigenvalue weighted by Crippen LogP contribution is 2.47. The summed E-state index contributed by atoms with van der Waals surface area (Å²) in [5.41, 5.74) is 35.7.